The van der Waals surface area contributed by atoms with E-state index in [1.54, 1.807) is 42.7 Å². The van der Waals surface area contributed by atoms with Gasteiger partial charge in [-0.1, -0.05) is 0 Å². The Kier molecular flexibility index (Phi) is 5.62. The first-order valence-electron chi connectivity index (χ1n) is 9.38. The fourth-order valence-corrected chi connectivity index (χ4v) is 2.97. The number of pyridine rings is 2. The molecule has 0 aliphatic carbocycles. The number of carbonyl (C=O) groups is 1. The Morgan fingerprint density at radius 1 is 1.16 bits per heavy atom. The molecule has 3 heterocycles. The van der Waals surface area contributed by atoms with Crippen molar-refractivity contribution in [2.45, 2.75) is 13.2 Å². The molecule has 32 heavy (non-hydrogen) atoms. The standard InChI is InChI=1S/C21H17N5O6/c1-13(27)25-21(32-20(24-25)14-7-9-22-10-8-14)15-3-5-17(18(11-15)30-2)31-19-6-4-16(12-23-19)26(28)29/h3-12,21H,1-2H3/t21-/m0/s1. The van der Waals surface area contributed by atoms with Crippen molar-refractivity contribution in [3.8, 4) is 17.4 Å². The molecule has 1 atom stereocenters. The number of hydrazone groups is 1. The topological polar surface area (TPSA) is 129 Å². The summed E-state index contributed by atoms with van der Waals surface area (Å²) in [5.74, 6) is 0.843. The minimum Gasteiger partial charge on any atom is -0.493 e. The van der Waals surface area contributed by atoms with Crippen molar-refractivity contribution < 1.29 is 23.9 Å². The van der Waals surface area contributed by atoms with E-state index in [0.717, 1.165) is 6.20 Å². The van der Waals surface area contributed by atoms with Crippen LogP contribution in [0.5, 0.6) is 17.4 Å². The van der Waals surface area contributed by atoms with Crippen molar-refractivity contribution in [3.05, 3.63) is 82.3 Å². The van der Waals surface area contributed by atoms with Crippen LogP contribution in [0.4, 0.5) is 5.69 Å². The summed E-state index contributed by atoms with van der Waals surface area (Å²) < 4.78 is 17.1. The van der Waals surface area contributed by atoms with Gasteiger partial charge in [-0.05, 0) is 30.3 Å². The van der Waals surface area contributed by atoms with Crippen molar-refractivity contribution in [1.82, 2.24) is 15.0 Å². The highest BCUT2D eigenvalue weighted by Gasteiger charge is 2.33. The Morgan fingerprint density at radius 2 is 1.94 bits per heavy atom. The SMILES string of the molecule is COc1cc([C@@H]2OC(c3ccncc3)=NN2C(C)=O)ccc1Oc1ccc([N+](=O)[O-])cn1. The molecule has 4 rings (SSSR count). The molecule has 1 amide bonds. The van der Waals surface area contributed by atoms with Crippen LogP contribution in [0.2, 0.25) is 0 Å². The van der Waals surface area contributed by atoms with Gasteiger partial charge in [0, 0.05) is 42.6 Å². The number of benzene rings is 1. The Hall–Kier alpha value is -4.54. The van der Waals surface area contributed by atoms with Crippen molar-refractivity contribution in [1.29, 1.82) is 0 Å². The fraction of sp³-hybridized carbons (Fsp3) is 0.143. The highest BCUT2D eigenvalue weighted by atomic mass is 16.6. The maximum Gasteiger partial charge on any atom is 0.287 e. The van der Waals surface area contributed by atoms with Crippen molar-refractivity contribution >= 4 is 17.5 Å². The van der Waals surface area contributed by atoms with Crippen molar-refractivity contribution in [2.75, 3.05) is 7.11 Å². The largest absolute Gasteiger partial charge is 0.493 e. The molecule has 11 nitrogen and oxygen atoms in total. The van der Waals surface area contributed by atoms with Crippen molar-refractivity contribution in [3.63, 3.8) is 0 Å². The van der Waals surface area contributed by atoms with E-state index in [0.29, 0.717) is 28.5 Å². The zero-order chi connectivity index (χ0) is 22.7. The molecule has 0 saturated carbocycles. The van der Waals surface area contributed by atoms with Gasteiger partial charge in [0.1, 0.15) is 6.20 Å². The summed E-state index contributed by atoms with van der Waals surface area (Å²) in [4.78, 5) is 30.3. The third-order valence-corrected chi connectivity index (χ3v) is 4.51. The molecule has 0 saturated heterocycles. The number of ether oxygens (including phenoxy) is 3. The van der Waals surface area contributed by atoms with Gasteiger partial charge in [0.25, 0.3) is 5.69 Å². The van der Waals surface area contributed by atoms with E-state index >= 15 is 0 Å². The van der Waals surface area contributed by atoms with Crippen LogP contribution in [0.15, 0.2) is 66.2 Å². The third-order valence-electron chi connectivity index (χ3n) is 4.51. The second-order valence-corrected chi connectivity index (χ2v) is 6.60. The molecule has 0 bridgehead atoms. The molecule has 1 aromatic carbocycles. The van der Waals surface area contributed by atoms with Gasteiger partial charge in [0.05, 0.1) is 12.0 Å². The number of methoxy groups -OCH3 is 1. The number of nitro groups is 1. The van der Waals surface area contributed by atoms with Crippen LogP contribution >= 0.6 is 0 Å². The minimum atomic E-state index is -0.795. The molecule has 0 N–H and O–H groups in total. The quantitative estimate of drug-likeness (QED) is 0.425. The molecule has 0 fully saturated rings. The Morgan fingerprint density at radius 3 is 2.56 bits per heavy atom. The van der Waals surface area contributed by atoms with E-state index in [1.165, 1.54) is 31.2 Å². The first kappa shape index (κ1) is 20.7. The second kappa shape index (κ2) is 8.68. The van der Waals surface area contributed by atoms with Gasteiger partial charge in [-0.15, -0.1) is 5.10 Å². The first-order valence-corrected chi connectivity index (χ1v) is 9.38. The predicted molar refractivity (Wildman–Crippen MR) is 111 cm³/mol. The second-order valence-electron chi connectivity index (χ2n) is 6.60. The molecule has 0 radical (unpaired) electrons. The molecule has 1 aliphatic heterocycles. The Labute approximate surface area is 182 Å². The first-order chi connectivity index (χ1) is 15.5. The summed E-state index contributed by atoms with van der Waals surface area (Å²) in [5, 5.41) is 16.3. The van der Waals surface area contributed by atoms with Gasteiger partial charge in [-0.2, -0.15) is 5.01 Å². The maximum absolute atomic E-state index is 12.2. The summed E-state index contributed by atoms with van der Waals surface area (Å²) in [6, 6.07) is 11.1. The van der Waals surface area contributed by atoms with Crippen LogP contribution in [0.1, 0.15) is 24.3 Å². The fourth-order valence-electron chi connectivity index (χ4n) is 2.97. The molecule has 3 aromatic rings. The molecular weight excluding hydrogens is 418 g/mol. The van der Waals surface area contributed by atoms with Gasteiger partial charge in [0.2, 0.25) is 23.9 Å². The zero-order valence-electron chi connectivity index (χ0n) is 17.0. The number of carbonyl (C=O) groups excluding carboxylic acids is 1. The predicted octanol–water partition coefficient (Wildman–Crippen LogP) is 3.42. The zero-order valence-corrected chi connectivity index (χ0v) is 17.0. The highest BCUT2D eigenvalue weighted by Crippen LogP contribution is 2.37. The smallest absolute Gasteiger partial charge is 0.287 e. The lowest BCUT2D eigenvalue weighted by atomic mass is 10.1. The number of aromatic nitrogens is 2. The van der Waals surface area contributed by atoms with Crippen LogP contribution in [-0.4, -0.2) is 38.8 Å². The van der Waals surface area contributed by atoms with E-state index in [4.69, 9.17) is 14.2 Å². The van der Waals surface area contributed by atoms with Gasteiger partial charge in [-0.3, -0.25) is 19.9 Å². The monoisotopic (exact) mass is 435 g/mol. The van der Waals surface area contributed by atoms with Crippen LogP contribution in [-0.2, 0) is 9.53 Å². The van der Waals surface area contributed by atoms with Gasteiger partial charge in [-0.25, -0.2) is 4.98 Å². The molecule has 0 unspecified atom stereocenters. The minimum absolute atomic E-state index is 0.146. The summed E-state index contributed by atoms with van der Waals surface area (Å²) in [5.41, 5.74) is 1.14. The summed E-state index contributed by atoms with van der Waals surface area (Å²) in [6.07, 6.45) is 3.52. The third kappa shape index (κ3) is 4.17. The van der Waals surface area contributed by atoms with Gasteiger partial charge >= 0.3 is 0 Å². The lowest BCUT2D eigenvalue weighted by Gasteiger charge is -2.20. The number of nitrogens with zero attached hydrogens (tertiary/aromatic N) is 5. The van der Waals surface area contributed by atoms with E-state index in [-0.39, 0.29) is 17.5 Å². The van der Waals surface area contributed by atoms with E-state index in [1.807, 2.05) is 0 Å². The summed E-state index contributed by atoms with van der Waals surface area (Å²) in [7, 11) is 1.46. The Balaban J connectivity index is 1.59. The normalized spacial score (nSPS) is 15.0. The summed E-state index contributed by atoms with van der Waals surface area (Å²) in [6.45, 7) is 1.39. The molecule has 1 aliphatic rings. The van der Waals surface area contributed by atoms with Gasteiger partial charge in [0.15, 0.2) is 11.5 Å². The molecule has 11 heteroatoms. The number of hydrogen-bond donors (Lipinski definition) is 0. The molecular formula is C21H17N5O6. The number of amides is 1. The number of hydrogen-bond acceptors (Lipinski definition) is 9. The highest BCUT2D eigenvalue weighted by molar-refractivity contribution is 5.96. The van der Waals surface area contributed by atoms with Crippen molar-refractivity contribution in [2.24, 2.45) is 5.10 Å². The average molecular weight is 435 g/mol. The van der Waals surface area contributed by atoms with Crippen LogP contribution in [0.3, 0.4) is 0 Å². The lowest BCUT2D eigenvalue weighted by molar-refractivity contribution is -0.385. The molecule has 2 aromatic heterocycles. The molecule has 162 valence electrons. The Bertz CT molecular complexity index is 1180. The van der Waals surface area contributed by atoms with Gasteiger partial charge < -0.3 is 14.2 Å². The van der Waals surface area contributed by atoms with E-state index < -0.39 is 11.2 Å². The lowest BCUT2D eigenvalue weighted by Crippen LogP contribution is -2.25. The van der Waals surface area contributed by atoms with E-state index in [2.05, 4.69) is 15.1 Å². The average Bonchev–Trinajstić information content (AvgIpc) is 3.26. The summed E-state index contributed by atoms with van der Waals surface area (Å²) >= 11 is 0. The maximum atomic E-state index is 12.2. The number of rotatable bonds is 6. The van der Waals surface area contributed by atoms with Crippen LogP contribution in [0.25, 0.3) is 0 Å². The van der Waals surface area contributed by atoms with E-state index in [9.17, 15) is 14.9 Å². The van der Waals surface area contributed by atoms with Crippen LogP contribution < -0.4 is 9.47 Å². The molecule has 0 spiro atoms. The van der Waals surface area contributed by atoms with Crippen LogP contribution in [0, 0.1) is 10.1 Å².